The van der Waals surface area contributed by atoms with Gasteiger partial charge in [0.2, 0.25) is 0 Å². The highest BCUT2D eigenvalue weighted by Gasteiger charge is 2.41. The van der Waals surface area contributed by atoms with Gasteiger partial charge >= 0.3 is 5.97 Å². The summed E-state index contributed by atoms with van der Waals surface area (Å²) in [5.74, 6) is 0.111. The number of allylic oxidation sites excluding steroid dienone is 2. The lowest BCUT2D eigenvalue weighted by Crippen LogP contribution is -2.18. The number of unbranched alkanes of at least 4 members (excludes halogenated alkanes) is 3. The van der Waals surface area contributed by atoms with Gasteiger partial charge in [-0.1, -0.05) is 56.2 Å². The van der Waals surface area contributed by atoms with E-state index in [-0.39, 0.29) is 29.0 Å². The minimum Gasteiger partial charge on any atom is -0.469 e. The fourth-order valence-electron chi connectivity index (χ4n) is 4.23. The van der Waals surface area contributed by atoms with E-state index in [9.17, 15) is 14.7 Å². The molecule has 0 radical (unpaired) electrons. The first-order chi connectivity index (χ1) is 14.5. The van der Waals surface area contributed by atoms with Crippen molar-refractivity contribution in [3.63, 3.8) is 0 Å². The first-order valence-electron chi connectivity index (χ1n) is 11.1. The molecule has 0 spiro atoms. The zero-order chi connectivity index (χ0) is 21.9. The molecule has 1 N–H and O–H groups in total. The quantitative estimate of drug-likeness (QED) is 0.148. The number of carbonyl (C=O) groups is 2. The van der Waals surface area contributed by atoms with Crippen LogP contribution in [0.25, 0.3) is 0 Å². The maximum absolute atomic E-state index is 12.3. The molecule has 4 nitrogen and oxygen atoms in total. The summed E-state index contributed by atoms with van der Waals surface area (Å²) in [5, 5.41) is 10.5. The molecule has 1 fully saturated rings. The third kappa shape index (κ3) is 7.24. The van der Waals surface area contributed by atoms with Crippen molar-refractivity contribution in [2.24, 2.45) is 5.92 Å². The first-order valence-corrected chi connectivity index (χ1v) is 11.6. The average Bonchev–Trinajstić information content (AvgIpc) is 3.03. The van der Waals surface area contributed by atoms with E-state index < -0.39 is 6.10 Å². The lowest BCUT2D eigenvalue weighted by atomic mass is 9.85. The minimum absolute atomic E-state index is 0.0311. The van der Waals surface area contributed by atoms with Gasteiger partial charge in [0.1, 0.15) is 0 Å². The van der Waals surface area contributed by atoms with Crippen LogP contribution in [0.2, 0.25) is 0 Å². The third-order valence-corrected chi connectivity index (χ3v) is 6.49. The Labute approximate surface area is 185 Å². The number of rotatable bonds is 12. The van der Waals surface area contributed by atoms with E-state index in [1.165, 1.54) is 7.11 Å². The number of alkyl halides is 1. The predicted molar refractivity (Wildman–Crippen MR) is 121 cm³/mol. The molecular weight excluding hydrogens is 400 g/mol. The highest BCUT2D eigenvalue weighted by molar-refractivity contribution is 6.21. The van der Waals surface area contributed by atoms with Crippen LogP contribution in [0.15, 0.2) is 36.4 Å². The molecule has 1 aliphatic rings. The molecular formula is C25H35ClO4. The van der Waals surface area contributed by atoms with Crippen molar-refractivity contribution in [3.8, 4) is 0 Å². The van der Waals surface area contributed by atoms with Gasteiger partial charge < -0.3 is 9.84 Å². The molecule has 5 heteroatoms. The molecule has 1 saturated carbocycles. The Bertz CT molecular complexity index is 698. The highest BCUT2D eigenvalue weighted by Crippen LogP contribution is 2.44. The summed E-state index contributed by atoms with van der Waals surface area (Å²) in [6, 6.07) is 7.72. The van der Waals surface area contributed by atoms with Crippen molar-refractivity contribution < 1.29 is 19.4 Å². The van der Waals surface area contributed by atoms with Gasteiger partial charge in [0.15, 0.2) is 5.78 Å². The Morgan fingerprint density at radius 3 is 2.53 bits per heavy atom. The van der Waals surface area contributed by atoms with Crippen molar-refractivity contribution in [3.05, 3.63) is 47.5 Å². The minimum atomic E-state index is -0.476. The number of ketones is 1. The number of benzene rings is 1. The average molecular weight is 435 g/mol. The van der Waals surface area contributed by atoms with Crippen molar-refractivity contribution in [2.45, 2.75) is 82.1 Å². The maximum atomic E-state index is 12.3. The largest absolute Gasteiger partial charge is 0.469 e. The molecule has 30 heavy (non-hydrogen) atoms. The number of ether oxygens (including phenoxy) is 1. The van der Waals surface area contributed by atoms with Crippen molar-refractivity contribution in [1.82, 2.24) is 0 Å². The molecule has 1 aliphatic carbocycles. The number of hydrogen-bond acceptors (Lipinski definition) is 4. The number of aliphatic hydroxyl groups is 1. The molecule has 0 unspecified atom stereocenters. The third-order valence-electron chi connectivity index (χ3n) is 5.99. The molecule has 166 valence electrons. The van der Waals surface area contributed by atoms with Crippen LogP contribution in [-0.2, 0) is 9.53 Å². The topological polar surface area (TPSA) is 63.6 Å². The molecule has 2 rings (SSSR count). The molecule has 0 amide bonds. The molecule has 0 saturated heterocycles. The number of methoxy groups -OCH3 is 1. The second kappa shape index (κ2) is 12.9. The summed E-state index contributed by atoms with van der Waals surface area (Å²) in [6.07, 6.45) is 10.8. The number of aliphatic hydroxyl groups excluding tert-OH is 1. The van der Waals surface area contributed by atoms with E-state index >= 15 is 0 Å². The Morgan fingerprint density at radius 2 is 1.87 bits per heavy atom. The number of halogens is 1. The molecule has 0 aromatic heterocycles. The van der Waals surface area contributed by atoms with Crippen LogP contribution < -0.4 is 0 Å². The Hall–Kier alpha value is -1.65. The first kappa shape index (κ1) is 24.6. The molecule has 0 heterocycles. The zero-order valence-corrected chi connectivity index (χ0v) is 18.9. The van der Waals surface area contributed by atoms with Crippen LogP contribution in [0.5, 0.6) is 0 Å². The number of esters is 1. The molecule has 4 atom stereocenters. The van der Waals surface area contributed by atoms with Crippen molar-refractivity contribution in [2.75, 3.05) is 7.11 Å². The van der Waals surface area contributed by atoms with Crippen LogP contribution in [0.1, 0.15) is 86.6 Å². The summed E-state index contributed by atoms with van der Waals surface area (Å²) in [4.78, 5) is 23.5. The number of carbonyl (C=O) groups excluding carboxylic acids is 2. The molecule has 0 bridgehead atoms. The zero-order valence-electron chi connectivity index (χ0n) is 18.2. The van der Waals surface area contributed by atoms with Gasteiger partial charge in [0, 0.05) is 29.7 Å². The van der Waals surface area contributed by atoms with Gasteiger partial charge in [0.25, 0.3) is 0 Å². The van der Waals surface area contributed by atoms with Crippen LogP contribution in [0.3, 0.4) is 0 Å². The molecule has 1 aromatic carbocycles. The van der Waals surface area contributed by atoms with E-state index in [1.54, 1.807) is 0 Å². The SMILES string of the molecule is CCCCCC(=O)c1ccc([C@@H]2[C@@H](CC=CCCCC(=O)OC)[C@H](Cl)C[C@H]2O)cc1. The monoisotopic (exact) mass is 434 g/mol. The summed E-state index contributed by atoms with van der Waals surface area (Å²) in [5.41, 5.74) is 1.78. The normalized spacial score (nSPS) is 23.7. The van der Waals surface area contributed by atoms with E-state index in [0.29, 0.717) is 19.3 Å². The van der Waals surface area contributed by atoms with Crippen LogP contribution >= 0.6 is 11.6 Å². The fraction of sp³-hybridized carbons (Fsp3) is 0.600. The standard InChI is InChI=1S/C25H35ClO4/c1-3-4-7-11-22(27)18-13-15-19(16-14-18)25-20(21(26)17-23(25)28)10-8-5-6-9-12-24(29)30-2/h5,8,13-16,20-21,23,25,28H,3-4,6-7,9-12,17H2,1-2H3/t20-,21+,23+,25+/m0/s1. The van der Waals surface area contributed by atoms with Crippen LogP contribution in [0.4, 0.5) is 0 Å². The lowest BCUT2D eigenvalue weighted by molar-refractivity contribution is -0.140. The number of hydrogen-bond donors (Lipinski definition) is 1. The Morgan fingerprint density at radius 1 is 1.13 bits per heavy atom. The van der Waals surface area contributed by atoms with Gasteiger partial charge in [-0.15, -0.1) is 11.6 Å². The van der Waals surface area contributed by atoms with E-state index in [0.717, 1.165) is 49.7 Å². The van der Waals surface area contributed by atoms with E-state index in [1.807, 2.05) is 24.3 Å². The Kier molecular flexibility index (Phi) is 10.6. The lowest BCUT2D eigenvalue weighted by Gasteiger charge is -2.23. The van der Waals surface area contributed by atoms with Crippen LogP contribution in [0, 0.1) is 5.92 Å². The van der Waals surface area contributed by atoms with E-state index in [2.05, 4.69) is 23.8 Å². The van der Waals surface area contributed by atoms with Crippen molar-refractivity contribution in [1.29, 1.82) is 0 Å². The van der Waals surface area contributed by atoms with Crippen LogP contribution in [-0.4, -0.2) is 35.4 Å². The van der Waals surface area contributed by atoms with Gasteiger partial charge in [0.05, 0.1) is 13.2 Å². The summed E-state index contributed by atoms with van der Waals surface area (Å²) >= 11 is 6.56. The van der Waals surface area contributed by atoms with Gasteiger partial charge in [-0.2, -0.15) is 0 Å². The fourth-order valence-corrected chi connectivity index (χ4v) is 4.68. The smallest absolute Gasteiger partial charge is 0.305 e. The summed E-state index contributed by atoms with van der Waals surface area (Å²) in [6.45, 7) is 2.13. The van der Waals surface area contributed by atoms with Gasteiger partial charge in [-0.05, 0) is 43.6 Å². The molecule has 1 aromatic rings. The summed E-state index contributed by atoms with van der Waals surface area (Å²) in [7, 11) is 1.40. The van der Waals surface area contributed by atoms with E-state index in [4.69, 9.17) is 11.6 Å². The predicted octanol–water partition coefficient (Wildman–Crippen LogP) is 5.81. The second-order valence-corrected chi connectivity index (χ2v) is 8.75. The highest BCUT2D eigenvalue weighted by atomic mass is 35.5. The van der Waals surface area contributed by atoms with Crippen molar-refractivity contribution >= 4 is 23.4 Å². The molecule has 0 aliphatic heterocycles. The van der Waals surface area contributed by atoms with Gasteiger partial charge in [-0.25, -0.2) is 0 Å². The maximum Gasteiger partial charge on any atom is 0.305 e. The second-order valence-electron chi connectivity index (χ2n) is 8.19. The summed E-state index contributed by atoms with van der Waals surface area (Å²) < 4.78 is 4.65. The van der Waals surface area contributed by atoms with Gasteiger partial charge in [-0.3, -0.25) is 9.59 Å². The number of Topliss-reactive ketones (excluding diaryl/α,β-unsaturated/α-hetero) is 1. The Balaban J connectivity index is 1.95.